The summed E-state index contributed by atoms with van der Waals surface area (Å²) in [6.45, 7) is 0.753. The first kappa shape index (κ1) is 14.0. The highest BCUT2D eigenvalue weighted by Crippen LogP contribution is 2.06. The molecular weight excluding hydrogens is 256 g/mol. The molecule has 2 rings (SSSR count). The third-order valence-corrected chi connectivity index (χ3v) is 2.84. The number of hydrogen-bond donors (Lipinski definition) is 3. The number of carbonyl (C=O) groups excluding carboxylic acids is 1. The van der Waals surface area contributed by atoms with Crippen LogP contribution in [-0.2, 0) is 13.0 Å². The minimum absolute atomic E-state index is 0.0559. The van der Waals surface area contributed by atoms with Crippen LogP contribution in [0.25, 0.3) is 0 Å². The number of anilines is 1. The van der Waals surface area contributed by atoms with Gasteiger partial charge in [0.1, 0.15) is 5.82 Å². The van der Waals surface area contributed by atoms with Crippen molar-refractivity contribution >= 4 is 11.7 Å². The summed E-state index contributed by atoms with van der Waals surface area (Å²) in [7, 11) is 0. The van der Waals surface area contributed by atoms with E-state index in [1.165, 1.54) is 6.07 Å². The molecule has 1 aromatic carbocycles. The van der Waals surface area contributed by atoms with Crippen molar-refractivity contribution in [2.45, 2.75) is 13.0 Å². The first-order valence-corrected chi connectivity index (χ1v) is 6.25. The topological polar surface area (TPSA) is 101 Å². The molecule has 0 saturated carbocycles. The van der Waals surface area contributed by atoms with Crippen molar-refractivity contribution in [3.05, 3.63) is 53.2 Å². The van der Waals surface area contributed by atoms with Gasteiger partial charge in [-0.25, -0.2) is 0 Å². The van der Waals surface area contributed by atoms with Crippen LogP contribution in [-0.4, -0.2) is 27.8 Å². The summed E-state index contributed by atoms with van der Waals surface area (Å²) >= 11 is 0. The number of nitrogens with two attached hydrogens (primary N) is 1. The van der Waals surface area contributed by atoms with E-state index < -0.39 is 5.91 Å². The molecule has 1 heterocycles. The Labute approximate surface area is 116 Å². The molecule has 4 N–H and O–H groups in total. The fourth-order valence-corrected chi connectivity index (χ4v) is 1.70. The molecule has 0 bridgehead atoms. The number of nitrogens with zero attached hydrogens (tertiary/aromatic N) is 2. The average molecular weight is 272 g/mol. The van der Waals surface area contributed by atoms with Gasteiger partial charge in [-0.05, 0) is 29.7 Å². The highest BCUT2D eigenvalue weighted by Gasteiger charge is 2.02. The monoisotopic (exact) mass is 272 g/mol. The van der Waals surface area contributed by atoms with Crippen LogP contribution in [0.1, 0.15) is 21.6 Å². The Morgan fingerprint density at radius 1 is 1.10 bits per heavy atom. The lowest BCUT2D eigenvalue weighted by molar-refractivity contribution is 0.0994. The third-order valence-electron chi connectivity index (χ3n) is 2.84. The van der Waals surface area contributed by atoms with Crippen molar-refractivity contribution in [2.75, 3.05) is 11.9 Å². The standard InChI is InChI=1S/C14H16N4O2/c15-14(20)12-5-6-13(18-17-12)16-8-7-10-1-3-11(9-19)4-2-10/h1-6,19H,7-9H2,(H2,15,20)(H,16,18). The summed E-state index contributed by atoms with van der Waals surface area (Å²) in [5.74, 6) is 0.00926. The van der Waals surface area contributed by atoms with E-state index in [0.29, 0.717) is 12.4 Å². The number of aromatic nitrogens is 2. The van der Waals surface area contributed by atoms with Gasteiger partial charge in [0.25, 0.3) is 5.91 Å². The molecule has 6 nitrogen and oxygen atoms in total. The largest absolute Gasteiger partial charge is 0.392 e. The normalized spacial score (nSPS) is 10.2. The van der Waals surface area contributed by atoms with E-state index in [-0.39, 0.29) is 12.3 Å². The Bertz CT molecular complexity index is 567. The lowest BCUT2D eigenvalue weighted by Gasteiger charge is -2.06. The maximum atomic E-state index is 10.8. The predicted octanol–water partition coefficient (Wildman–Crippen LogP) is 0.722. The van der Waals surface area contributed by atoms with E-state index in [2.05, 4.69) is 15.5 Å². The molecule has 0 aliphatic carbocycles. The van der Waals surface area contributed by atoms with Crippen molar-refractivity contribution in [3.8, 4) is 0 Å². The van der Waals surface area contributed by atoms with Gasteiger partial charge in [-0.15, -0.1) is 10.2 Å². The van der Waals surface area contributed by atoms with Gasteiger partial charge in [0, 0.05) is 6.54 Å². The molecule has 0 saturated heterocycles. The summed E-state index contributed by atoms with van der Waals surface area (Å²) < 4.78 is 0. The Kier molecular flexibility index (Phi) is 4.62. The second-order valence-corrected chi connectivity index (χ2v) is 4.32. The zero-order valence-electron chi connectivity index (χ0n) is 10.9. The Hall–Kier alpha value is -2.47. The van der Waals surface area contributed by atoms with Crippen LogP contribution >= 0.6 is 0 Å². The number of benzene rings is 1. The van der Waals surface area contributed by atoms with Crippen molar-refractivity contribution in [3.63, 3.8) is 0 Å². The van der Waals surface area contributed by atoms with Gasteiger partial charge in [-0.2, -0.15) is 0 Å². The van der Waals surface area contributed by atoms with E-state index >= 15 is 0 Å². The molecular formula is C14H16N4O2. The molecule has 0 aliphatic rings. The zero-order valence-corrected chi connectivity index (χ0v) is 10.9. The van der Waals surface area contributed by atoms with Gasteiger partial charge in [0.15, 0.2) is 5.69 Å². The van der Waals surface area contributed by atoms with Crippen molar-refractivity contribution < 1.29 is 9.90 Å². The van der Waals surface area contributed by atoms with Crippen molar-refractivity contribution in [1.29, 1.82) is 0 Å². The lowest BCUT2D eigenvalue weighted by Crippen LogP contribution is -2.14. The number of nitrogens with one attached hydrogen (secondary N) is 1. The number of aliphatic hydroxyl groups is 1. The highest BCUT2D eigenvalue weighted by molar-refractivity contribution is 5.90. The van der Waals surface area contributed by atoms with Gasteiger partial charge < -0.3 is 16.2 Å². The molecule has 20 heavy (non-hydrogen) atoms. The number of primary amides is 1. The molecule has 0 unspecified atom stereocenters. The maximum absolute atomic E-state index is 10.8. The van der Waals surface area contributed by atoms with Gasteiger partial charge in [-0.1, -0.05) is 24.3 Å². The maximum Gasteiger partial charge on any atom is 0.269 e. The minimum Gasteiger partial charge on any atom is -0.392 e. The molecule has 0 radical (unpaired) electrons. The Balaban J connectivity index is 1.84. The van der Waals surface area contributed by atoms with Crippen molar-refractivity contribution in [1.82, 2.24) is 10.2 Å². The summed E-state index contributed by atoms with van der Waals surface area (Å²) in [6, 6.07) is 11.0. The molecule has 6 heteroatoms. The van der Waals surface area contributed by atoms with Gasteiger partial charge in [0.05, 0.1) is 6.61 Å². The molecule has 1 aromatic heterocycles. The molecule has 0 spiro atoms. The average Bonchev–Trinajstić information content (AvgIpc) is 2.48. The quantitative estimate of drug-likeness (QED) is 0.719. The van der Waals surface area contributed by atoms with Gasteiger partial charge >= 0.3 is 0 Å². The van der Waals surface area contributed by atoms with Gasteiger partial charge in [0.2, 0.25) is 0 Å². The molecule has 104 valence electrons. The summed E-state index contributed by atoms with van der Waals surface area (Å²) in [4.78, 5) is 10.8. The van der Waals surface area contributed by atoms with Crippen LogP contribution < -0.4 is 11.1 Å². The molecule has 0 fully saturated rings. The smallest absolute Gasteiger partial charge is 0.269 e. The van der Waals surface area contributed by atoms with Crippen molar-refractivity contribution in [2.24, 2.45) is 5.73 Å². The number of hydrogen-bond acceptors (Lipinski definition) is 5. The third kappa shape index (κ3) is 3.76. The van der Waals surface area contributed by atoms with E-state index in [4.69, 9.17) is 10.8 Å². The molecule has 0 aliphatic heterocycles. The van der Waals surface area contributed by atoms with Crippen LogP contribution in [0.2, 0.25) is 0 Å². The predicted molar refractivity (Wildman–Crippen MR) is 75.1 cm³/mol. The number of rotatable bonds is 6. The SMILES string of the molecule is NC(=O)c1ccc(NCCc2ccc(CO)cc2)nn1. The van der Waals surface area contributed by atoms with E-state index in [0.717, 1.165) is 17.5 Å². The molecule has 1 amide bonds. The molecule has 2 aromatic rings. The fourth-order valence-electron chi connectivity index (χ4n) is 1.70. The van der Waals surface area contributed by atoms with Crippen LogP contribution in [0.4, 0.5) is 5.82 Å². The van der Waals surface area contributed by atoms with Crippen LogP contribution in [0.5, 0.6) is 0 Å². The van der Waals surface area contributed by atoms with E-state index in [9.17, 15) is 4.79 Å². The zero-order chi connectivity index (χ0) is 14.4. The van der Waals surface area contributed by atoms with Crippen LogP contribution in [0, 0.1) is 0 Å². The minimum atomic E-state index is -0.590. The van der Waals surface area contributed by atoms with E-state index in [1.807, 2.05) is 24.3 Å². The second-order valence-electron chi connectivity index (χ2n) is 4.32. The summed E-state index contributed by atoms with van der Waals surface area (Å²) in [6.07, 6.45) is 0.824. The highest BCUT2D eigenvalue weighted by atomic mass is 16.3. The summed E-state index contributed by atoms with van der Waals surface area (Å²) in [5, 5.41) is 19.6. The lowest BCUT2D eigenvalue weighted by atomic mass is 10.1. The first-order valence-electron chi connectivity index (χ1n) is 6.25. The first-order chi connectivity index (χ1) is 9.69. The molecule has 0 atom stereocenters. The fraction of sp³-hybridized carbons (Fsp3) is 0.214. The Morgan fingerprint density at radius 2 is 1.80 bits per heavy atom. The number of carbonyl (C=O) groups is 1. The number of amides is 1. The second kappa shape index (κ2) is 6.63. The Morgan fingerprint density at radius 3 is 2.35 bits per heavy atom. The summed E-state index contributed by atoms with van der Waals surface area (Å²) in [5.41, 5.74) is 7.29. The van der Waals surface area contributed by atoms with Crippen LogP contribution in [0.15, 0.2) is 36.4 Å². The van der Waals surface area contributed by atoms with Crippen LogP contribution in [0.3, 0.4) is 0 Å². The van der Waals surface area contributed by atoms with E-state index in [1.54, 1.807) is 6.07 Å². The number of aliphatic hydroxyl groups excluding tert-OH is 1. The van der Waals surface area contributed by atoms with Gasteiger partial charge in [-0.3, -0.25) is 4.79 Å².